The van der Waals surface area contributed by atoms with Gasteiger partial charge in [0.2, 0.25) is 11.6 Å². The Balaban J connectivity index is 1.65. The van der Waals surface area contributed by atoms with Crippen LogP contribution in [0.4, 0.5) is 24.8 Å². The van der Waals surface area contributed by atoms with Crippen molar-refractivity contribution in [1.82, 2.24) is 14.4 Å². The first-order valence-electron chi connectivity index (χ1n) is 12.0. The molecular weight excluding hydrogens is 481 g/mol. The molecule has 10 heteroatoms. The summed E-state index contributed by atoms with van der Waals surface area (Å²) in [7, 11) is 1.36. The van der Waals surface area contributed by atoms with E-state index < -0.39 is 23.1 Å². The van der Waals surface area contributed by atoms with Gasteiger partial charge in [-0.15, -0.1) is 0 Å². The minimum Gasteiger partial charge on any atom is -0.494 e. The number of hydrogen-bond acceptors (Lipinski definition) is 5. The molecule has 2 unspecified atom stereocenters. The number of aromatic nitrogens is 3. The van der Waals surface area contributed by atoms with Crippen LogP contribution in [-0.2, 0) is 0 Å². The smallest absolute Gasteiger partial charge is 0.225 e. The van der Waals surface area contributed by atoms with Gasteiger partial charge in [-0.05, 0) is 43.4 Å². The Hall–Kier alpha value is -4.10. The molecule has 2 N–H and O–H groups in total. The van der Waals surface area contributed by atoms with E-state index in [0.717, 1.165) is 25.7 Å². The first-order chi connectivity index (χ1) is 17.9. The maximum atomic E-state index is 15.4. The van der Waals surface area contributed by atoms with Gasteiger partial charge in [-0.25, -0.2) is 28.0 Å². The van der Waals surface area contributed by atoms with Crippen LogP contribution in [0, 0.1) is 24.0 Å². The highest BCUT2D eigenvalue weighted by Gasteiger charge is 2.42. The fourth-order valence-corrected chi connectivity index (χ4v) is 5.78. The Morgan fingerprint density at radius 3 is 2.51 bits per heavy atom. The number of imidazole rings is 1. The number of piperidine rings is 1. The monoisotopic (exact) mass is 504 g/mol. The van der Waals surface area contributed by atoms with Crippen LogP contribution in [0.3, 0.4) is 0 Å². The average Bonchev–Trinajstić information content (AvgIpc) is 3.47. The minimum atomic E-state index is -1.25. The highest BCUT2D eigenvalue weighted by atomic mass is 19.2. The molecule has 2 aliphatic rings. The molecule has 4 aromatic rings. The summed E-state index contributed by atoms with van der Waals surface area (Å²) in [5.41, 5.74) is 6.97. The second-order valence-electron chi connectivity index (χ2n) is 9.50. The summed E-state index contributed by atoms with van der Waals surface area (Å²) in [6, 6.07) is 7.33. The maximum absolute atomic E-state index is 15.4. The van der Waals surface area contributed by atoms with Crippen LogP contribution in [-0.4, -0.2) is 39.6 Å². The third-order valence-corrected chi connectivity index (χ3v) is 7.41. The molecule has 188 valence electrons. The highest BCUT2D eigenvalue weighted by molar-refractivity contribution is 5.91. The molecule has 7 nitrogen and oxygen atoms in total. The largest absolute Gasteiger partial charge is 0.494 e. The SMILES string of the molecule is [C-]#[N+]c1ccc(-c2nc(N3C4CCC3CC(N)C4)n3ccnc3c2-c2ccc(OC)c(F)c2)c(F)c1F. The summed E-state index contributed by atoms with van der Waals surface area (Å²) in [5.74, 6) is -2.46. The average molecular weight is 505 g/mol. The number of hydrogen-bond donors (Lipinski definition) is 1. The van der Waals surface area contributed by atoms with Gasteiger partial charge in [-0.2, -0.15) is 0 Å². The van der Waals surface area contributed by atoms with Crippen molar-refractivity contribution in [2.45, 2.75) is 43.8 Å². The van der Waals surface area contributed by atoms with E-state index in [9.17, 15) is 8.78 Å². The first-order valence-corrected chi connectivity index (χ1v) is 12.0. The lowest BCUT2D eigenvalue weighted by Gasteiger charge is -2.39. The normalized spacial score (nSPS) is 20.9. The topological polar surface area (TPSA) is 73.0 Å². The molecule has 2 fully saturated rings. The van der Waals surface area contributed by atoms with Crippen LogP contribution >= 0.6 is 0 Å². The summed E-state index contributed by atoms with van der Waals surface area (Å²) in [4.78, 5) is 14.7. The second-order valence-corrected chi connectivity index (χ2v) is 9.50. The van der Waals surface area contributed by atoms with E-state index >= 15 is 4.39 Å². The van der Waals surface area contributed by atoms with Gasteiger partial charge in [-0.1, -0.05) is 18.2 Å². The van der Waals surface area contributed by atoms with Crippen molar-refractivity contribution in [3.8, 4) is 28.1 Å². The number of anilines is 1. The summed E-state index contributed by atoms with van der Waals surface area (Å²) < 4.78 is 51.9. The molecule has 2 bridgehead atoms. The van der Waals surface area contributed by atoms with Gasteiger partial charge in [0.1, 0.15) is 5.65 Å². The van der Waals surface area contributed by atoms with E-state index in [1.807, 2.05) is 4.40 Å². The third kappa shape index (κ3) is 3.61. The molecule has 0 amide bonds. The van der Waals surface area contributed by atoms with E-state index in [4.69, 9.17) is 22.0 Å². The highest BCUT2D eigenvalue weighted by Crippen LogP contribution is 2.43. The second kappa shape index (κ2) is 8.78. The fourth-order valence-electron chi connectivity index (χ4n) is 5.78. The standard InChI is InChI=1S/C27H23F3N6O/c1-32-20-7-6-18(23(29)24(20)30)25-22(14-3-8-21(37-2)19(28)11-14)26-33-9-10-35(26)27(34-25)36-16-4-5-17(36)13-15(31)12-16/h3,6-11,15-17H,4-5,12-13,31H2,2H3. The predicted molar refractivity (Wildman–Crippen MR) is 133 cm³/mol. The van der Waals surface area contributed by atoms with Crippen LogP contribution in [0.5, 0.6) is 5.75 Å². The zero-order valence-electron chi connectivity index (χ0n) is 20.0. The Morgan fingerprint density at radius 1 is 1.08 bits per heavy atom. The van der Waals surface area contributed by atoms with Crippen LogP contribution in [0.1, 0.15) is 25.7 Å². The molecule has 4 heterocycles. The lowest BCUT2D eigenvalue weighted by molar-refractivity contribution is 0.386. The molecule has 0 spiro atoms. The molecule has 2 atom stereocenters. The molecule has 37 heavy (non-hydrogen) atoms. The van der Waals surface area contributed by atoms with E-state index in [2.05, 4.69) is 14.7 Å². The van der Waals surface area contributed by atoms with Crippen molar-refractivity contribution in [2.75, 3.05) is 12.0 Å². The Morgan fingerprint density at radius 2 is 1.84 bits per heavy atom. The van der Waals surface area contributed by atoms with Crippen LogP contribution < -0.4 is 15.4 Å². The molecule has 0 saturated carbocycles. The predicted octanol–water partition coefficient (Wildman–Crippen LogP) is 5.50. The molecule has 0 radical (unpaired) electrons. The van der Waals surface area contributed by atoms with Gasteiger partial charge in [0.05, 0.1) is 24.9 Å². The molecule has 6 rings (SSSR count). The van der Waals surface area contributed by atoms with Crippen LogP contribution in [0.15, 0.2) is 42.7 Å². The number of halogens is 3. The molecule has 0 aliphatic carbocycles. The molecule has 2 saturated heterocycles. The summed E-state index contributed by atoms with van der Waals surface area (Å²) in [5, 5.41) is 0. The number of nitrogens with two attached hydrogens (primary N) is 1. The lowest BCUT2D eigenvalue weighted by atomic mass is 9.97. The number of rotatable bonds is 4. The van der Waals surface area contributed by atoms with Gasteiger partial charge >= 0.3 is 0 Å². The minimum absolute atomic E-state index is 0.0501. The zero-order valence-corrected chi connectivity index (χ0v) is 20.0. The molecule has 2 aromatic carbocycles. The summed E-state index contributed by atoms with van der Waals surface area (Å²) >= 11 is 0. The van der Waals surface area contributed by atoms with E-state index in [0.29, 0.717) is 22.7 Å². The van der Waals surface area contributed by atoms with Crippen molar-refractivity contribution in [2.24, 2.45) is 5.73 Å². The lowest BCUT2D eigenvalue weighted by Crippen LogP contribution is -2.48. The fraction of sp³-hybridized carbons (Fsp3) is 0.296. The number of fused-ring (bicyclic) bond motifs is 3. The van der Waals surface area contributed by atoms with Crippen molar-refractivity contribution in [3.63, 3.8) is 0 Å². The van der Waals surface area contributed by atoms with Gasteiger partial charge in [0.15, 0.2) is 23.2 Å². The van der Waals surface area contributed by atoms with Crippen molar-refractivity contribution in [1.29, 1.82) is 0 Å². The van der Waals surface area contributed by atoms with Gasteiger partial charge in [-0.3, -0.25) is 4.40 Å². The van der Waals surface area contributed by atoms with E-state index in [1.165, 1.54) is 31.4 Å². The van der Waals surface area contributed by atoms with Crippen LogP contribution in [0.2, 0.25) is 0 Å². The van der Waals surface area contributed by atoms with Crippen molar-refractivity contribution >= 4 is 17.3 Å². The number of methoxy groups -OCH3 is 1. The van der Waals surface area contributed by atoms with Gasteiger partial charge < -0.3 is 15.4 Å². The van der Waals surface area contributed by atoms with E-state index in [1.54, 1.807) is 18.5 Å². The number of ether oxygens (including phenoxy) is 1. The van der Waals surface area contributed by atoms with Crippen molar-refractivity contribution in [3.05, 3.63) is 71.6 Å². The Kier molecular flexibility index (Phi) is 5.53. The Labute approximate surface area is 211 Å². The summed E-state index contributed by atoms with van der Waals surface area (Å²) in [6.07, 6.45) is 6.89. The first kappa shape index (κ1) is 23.3. The number of nitrogens with zero attached hydrogens (tertiary/aromatic N) is 5. The Bertz CT molecular complexity index is 1560. The molecule has 2 aromatic heterocycles. The zero-order chi connectivity index (χ0) is 25.8. The number of benzene rings is 2. The van der Waals surface area contributed by atoms with Gasteiger partial charge in [0.25, 0.3) is 0 Å². The van der Waals surface area contributed by atoms with Gasteiger partial charge in [0, 0.05) is 36.1 Å². The quantitative estimate of drug-likeness (QED) is 0.372. The summed E-state index contributed by atoms with van der Waals surface area (Å²) in [6.45, 7) is 7.14. The van der Waals surface area contributed by atoms with Crippen molar-refractivity contribution < 1.29 is 17.9 Å². The van der Waals surface area contributed by atoms with Crippen LogP contribution in [0.25, 0.3) is 32.9 Å². The third-order valence-electron chi connectivity index (χ3n) is 7.41. The molecular formula is C27H23F3N6O. The maximum Gasteiger partial charge on any atom is 0.225 e. The molecule has 2 aliphatic heterocycles. The van der Waals surface area contributed by atoms with E-state index in [-0.39, 0.29) is 35.1 Å².